The van der Waals surface area contributed by atoms with Gasteiger partial charge in [-0.1, -0.05) is 20.8 Å². The second-order valence-electron chi connectivity index (χ2n) is 4.31. The Bertz CT molecular complexity index is 346. The lowest BCUT2D eigenvalue weighted by Gasteiger charge is -2.19. The smallest absolute Gasteiger partial charge is 0.147 e. The van der Waals surface area contributed by atoms with Crippen molar-refractivity contribution in [1.29, 1.82) is 5.26 Å². The van der Waals surface area contributed by atoms with E-state index in [4.69, 9.17) is 5.26 Å². The maximum absolute atomic E-state index is 8.78. The van der Waals surface area contributed by atoms with Crippen molar-refractivity contribution in [1.82, 2.24) is 9.97 Å². The summed E-state index contributed by atoms with van der Waals surface area (Å²) in [6, 6.07) is 2.04. The summed E-state index contributed by atoms with van der Waals surface area (Å²) in [6.45, 7) is 7.13. The molecule has 0 aromatic carbocycles. The molecule has 0 bridgehead atoms. The van der Waals surface area contributed by atoms with Crippen LogP contribution in [0.1, 0.15) is 26.3 Å². The second kappa shape index (κ2) is 4.05. The topological polar surface area (TPSA) is 61.6 Å². The number of hydrogen-bond acceptors (Lipinski definition) is 4. The lowest BCUT2D eigenvalue weighted by atomic mass is 9.97. The van der Waals surface area contributed by atoms with Gasteiger partial charge >= 0.3 is 0 Å². The van der Waals surface area contributed by atoms with Gasteiger partial charge in [-0.05, 0) is 5.41 Å². The minimum absolute atomic E-state index is 0.164. The van der Waals surface area contributed by atoms with E-state index in [-0.39, 0.29) is 5.41 Å². The molecule has 4 nitrogen and oxygen atoms in total. The van der Waals surface area contributed by atoms with Gasteiger partial charge in [0.25, 0.3) is 0 Å². The van der Waals surface area contributed by atoms with E-state index < -0.39 is 0 Å². The highest BCUT2D eigenvalue weighted by molar-refractivity contribution is 5.49. The number of aromatic nitrogens is 2. The van der Waals surface area contributed by atoms with E-state index in [9.17, 15) is 0 Å². The summed E-state index contributed by atoms with van der Waals surface area (Å²) < 4.78 is 0. The van der Waals surface area contributed by atoms with Gasteiger partial charge in [0.1, 0.15) is 23.8 Å². The van der Waals surface area contributed by atoms with Crippen molar-refractivity contribution in [2.75, 3.05) is 11.9 Å². The summed E-state index contributed by atoms with van der Waals surface area (Å²) in [4.78, 5) is 7.79. The molecule has 0 saturated heterocycles. The van der Waals surface area contributed by atoms with E-state index in [1.54, 1.807) is 0 Å². The molecule has 0 aliphatic carbocycles. The summed E-state index contributed by atoms with van der Waals surface area (Å²) in [5, 5.41) is 11.9. The maximum atomic E-state index is 8.78. The Labute approximate surface area is 84.0 Å². The number of nitrogens with one attached hydrogen (secondary N) is 1. The Kier molecular flexibility index (Phi) is 3.03. The average Bonchev–Trinajstić information content (AvgIpc) is 2.14. The maximum Gasteiger partial charge on any atom is 0.147 e. The Morgan fingerprint density at radius 3 is 2.79 bits per heavy atom. The molecule has 0 aliphatic rings. The number of nitrogens with zero attached hydrogens (tertiary/aromatic N) is 3. The molecule has 0 amide bonds. The fourth-order valence-corrected chi connectivity index (χ4v) is 0.901. The van der Waals surface area contributed by atoms with E-state index in [0.717, 1.165) is 6.54 Å². The predicted octanol–water partition coefficient (Wildman–Crippen LogP) is 1.81. The highest BCUT2D eigenvalue weighted by Crippen LogP contribution is 2.15. The van der Waals surface area contributed by atoms with Gasteiger partial charge in [0.15, 0.2) is 0 Å². The van der Waals surface area contributed by atoms with Gasteiger partial charge in [-0.15, -0.1) is 0 Å². The fraction of sp³-hybridized carbons (Fsp3) is 0.500. The minimum Gasteiger partial charge on any atom is -0.368 e. The molecule has 1 aromatic rings. The molecule has 0 fully saturated rings. The zero-order valence-corrected chi connectivity index (χ0v) is 8.70. The van der Waals surface area contributed by atoms with Gasteiger partial charge in [0.05, 0.1) is 6.20 Å². The van der Waals surface area contributed by atoms with E-state index in [1.807, 2.05) is 6.07 Å². The first-order valence-electron chi connectivity index (χ1n) is 4.47. The van der Waals surface area contributed by atoms with Crippen molar-refractivity contribution in [2.45, 2.75) is 20.8 Å². The zero-order valence-electron chi connectivity index (χ0n) is 8.70. The molecule has 14 heavy (non-hydrogen) atoms. The van der Waals surface area contributed by atoms with Crippen LogP contribution in [0, 0.1) is 16.7 Å². The van der Waals surface area contributed by atoms with Crippen molar-refractivity contribution in [2.24, 2.45) is 5.41 Å². The quantitative estimate of drug-likeness (QED) is 0.772. The minimum atomic E-state index is 0.164. The molecule has 0 spiro atoms. The van der Waals surface area contributed by atoms with Crippen LogP contribution in [0.4, 0.5) is 5.82 Å². The van der Waals surface area contributed by atoms with Gasteiger partial charge in [-0.2, -0.15) is 5.26 Å². The van der Waals surface area contributed by atoms with E-state index >= 15 is 0 Å². The zero-order chi connectivity index (χ0) is 10.6. The Balaban J connectivity index is 2.73. The van der Waals surface area contributed by atoms with Gasteiger partial charge in [0.2, 0.25) is 0 Å². The van der Waals surface area contributed by atoms with Crippen LogP contribution in [-0.4, -0.2) is 16.5 Å². The normalized spacial score (nSPS) is 10.7. The SMILES string of the molecule is CC(C)(C)CNc1ncncc1C#N. The van der Waals surface area contributed by atoms with Gasteiger partial charge in [0, 0.05) is 6.54 Å². The number of hydrogen-bond donors (Lipinski definition) is 1. The van der Waals surface area contributed by atoms with Crippen LogP contribution in [-0.2, 0) is 0 Å². The third-order valence-electron chi connectivity index (χ3n) is 1.62. The van der Waals surface area contributed by atoms with Gasteiger partial charge < -0.3 is 5.32 Å². The fourth-order valence-electron chi connectivity index (χ4n) is 0.901. The van der Waals surface area contributed by atoms with Crippen molar-refractivity contribution < 1.29 is 0 Å². The molecule has 0 radical (unpaired) electrons. The van der Waals surface area contributed by atoms with Gasteiger partial charge in [-0.25, -0.2) is 9.97 Å². The lowest BCUT2D eigenvalue weighted by molar-refractivity contribution is 0.442. The Morgan fingerprint density at radius 2 is 2.21 bits per heavy atom. The van der Waals surface area contributed by atoms with Crippen LogP contribution < -0.4 is 5.32 Å². The number of rotatable bonds is 2. The van der Waals surface area contributed by atoms with Crippen molar-refractivity contribution in [3.63, 3.8) is 0 Å². The molecule has 4 heteroatoms. The molecular formula is C10H14N4. The third kappa shape index (κ3) is 3.02. The molecule has 1 N–H and O–H groups in total. The summed E-state index contributed by atoms with van der Waals surface area (Å²) in [6.07, 6.45) is 2.95. The Morgan fingerprint density at radius 1 is 1.50 bits per heavy atom. The highest BCUT2D eigenvalue weighted by atomic mass is 15.0. The van der Waals surface area contributed by atoms with Crippen LogP contribution in [0.15, 0.2) is 12.5 Å². The summed E-state index contributed by atoms with van der Waals surface area (Å²) in [5.41, 5.74) is 0.647. The summed E-state index contributed by atoms with van der Waals surface area (Å²) >= 11 is 0. The van der Waals surface area contributed by atoms with Crippen LogP contribution in [0.3, 0.4) is 0 Å². The lowest BCUT2D eigenvalue weighted by Crippen LogP contribution is -2.20. The predicted molar refractivity (Wildman–Crippen MR) is 54.7 cm³/mol. The van der Waals surface area contributed by atoms with Crippen molar-refractivity contribution >= 4 is 5.82 Å². The first kappa shape index (κ1) is 10.5. The molecule has 0 atom stereocenters. The van der Waals surface area contributed by atoms with Gasteiger partial charge in [-0.3, -0.25) is 0 Å². The van der Waals surface area contributed by atoms with Crippen LogP contribution >= 0.6 is 0 Å². The van der Waals surface area contributed by atoms with E-state index in [2.05, 4.69) is 36.1 Å². The molecule has 1 rings (SSSR count). The highest BCUT2D eigenvalue weighted by Gasteiger charge is 2.11. The first-order chi connectivity index (χ1) is 6.53. The monoisotopic (exact) mass is 190 g/mol. The number of anilines is 1. The summed E-state index contributed by atoms with van der Waals surface area (Å²) in [7, 11) is 0. The molecule has 1 heterocycles. The molecule has 1 aromatic heterocycles. The third-order valence-corrected chi connectivity index (χ3v) is 1.62. The van der Waals surface area contributed by atoms with Crippen molar-refractivity contribution in [3.8, 4) is 6.07 Å². The van der Waals surface area contributed by atoms with Crippen LogP contribution in [0.25, 0.3) is 0 Å². The molecule has 0 saturated carbocycles. The Hall–Kier alpha value is -1.63. The standard InChI is InChI=1S/C10H14N4/c1-10(2,3)6-13-9-8(4-11)5-12-7-14-9/h5,7H,6H2,1-3H3,(H,12,13,14). The van der Waals surface area contributed by atoms with E-state index in [1.165, 1.54) is 12.5 Å². The molecular weight excluding hydrogens is 176 g/mol. The molecule has 74 valence electrons. The molecule has 0 aliphatic heterocycles. The number of nitriles is 1. The second-order valence-corrected chi connectivity index (χ2v) is 4.31. The molecule has 0 unspecified atom stereocenters. The van der Waals surface area contributed by atoms with Crippen LogP contribution in [0.2, 0.25) is 0 Å². The average molecular weight is 190 g/mol. The van der Waals surface area contributed by atoms with E-state index in [0.29, 0.717) is 11.4 Å². The largest absolute Gasteiger partial charge is 0.368 e. The first-order valence-corrected chi connectivity index (χ1v) is 4.47. The summed E-state index contributed by atoms with van der Waals surface area (Å²) in [5.74, 6) is 0.609. The van der Waals surface area contributed by atoms with Crippen molar-refractivity contribution in [3.05, 3.63) is 18.1 Å². The van der Waals surface area contributed by atoms with Crippen LogP contribution in [0.5, 0.6) is 0 Å².